The van der Waals surface area contributed by atoms with Crippen molar-refractivity contribution in [3.63, 3.8) is 0 Å². The molecule has 0 unspecified atom stereocenters. The standard InChI is InChI=1S/C7H11NS2/c1-6(2)5-10-7-8-3-4-9-7/h3-4,6H,5H2,1-2H3. The van der Waals surface area contributed by atoms with E-state index in [0.29, 0.717) is 0 Å². The maximum atomic E-state index is 4.17. The molecule has 0 aromatic carbocycles. The van der Waals surface area contributed by atoms with E-state index in [1.165, 1.54) is 10.1 Å². The minimum atomic E-state index is 0.758. The van der Waals surface area contributed by atoms with Gasteiger partial charge in [0.1, 0.15) is 4.34 Å². The Hall–Kier alpha value is -0.0200. The third kappa shape index (κ3) is 2.71. The normalized spacial score (nSPS) is 10.7. The van der Waals surface area contributed by atoms with Crippen molar-refractivity contribution in [3.05, 3.63) is 11.6 Å². The summed E-state index contributed by atoms with van der Waals surface area (Å²) >= 11 is 3.56. The van der Waals surface area contributed by atoms with Crippen molar-refractivity contribution in [2.24, 2.45) is 5.92 Å². The van der Waals surface area contributed by atoms with E-state index in [9.17, 15) is 0 Å². The maximum absolute atomic E-state index is 4.17. The van der Waals surface area contributed by atoms with Gasteiger partial charge in [0.2, 0.25) is 0 Å². The summed E-state index contributed by atoms with van der Waals surface area (Å²) in [6, 6.07) is 0. The molecule has 0 aliphatic rings. The van der Waals surface area contributed by atoms with Crippen molar-refractivity contribution < 1.29 is 0 Å². The number of hydrogen-bond donors (Lipinski definition) is 0. The Balaban J connectivity index is 2.28. The van der Waals surface area contributed by atoms with E-state index >= 15 is 0 Å². The Kier molecular flexibility index (Phi) is 3.22. The van der Waals surface area contributed by atoms with Gasteiger partial charge in [0, 0.05) is 17.3 Å². The molecule has 0 fully saturated rings. The van der Waals surface area contributed by atoms with Gasteiger partial charge in [-0.2, -0.15) is 0 Å². The molecular weight excluding hydrogens is 162 g/mol. The van der Waals surface area contributed by atoms with E-state index in [2.05, 4.69) is 18.8 Å². The molecule has 0 spiro atoms. The molecule has 0 saturated heterocycles. The summed E-state index contributed by atoms with van der Waals surface area (Å²) in [4.78, 5) is 4.17. The largest absolute Gasteiger partial charge is 0.238 e. The molecule has 0 bridgehead atoms. The second-order valence-electron chi connectivity index (χ2n) is 2.50. The highest BCUT2D eigenvalue weighted by Crippen LogP contribution is 2.21. The van der Waals surface area contributed by atoms with Gasteiger partial charge in [-0.25, -0.2) is 4.98 Å². The van der Waals surface area contributed by atoms with Crippen LogP contribution in [0.15, 0.2) is 15.9 Å². The van der Waals surface area contributed by atoms with E-state index in [0.717, 1.165) is 5.92 Å². The molecule has 1 aromatic heterocycles. The first kappa shape index (κ1) is 8.08. The van der Waals surface area contributed by atoms with Crippen molar-refractivity contribution in [3.8, 4) is 0 Å². The molecule has 1 aromatic rings. The van der Waals surface area contributed by atoms with Gasteiger partial charge in [0.05, 0.1) is 0 Å². The van der Waals surface area contributed by atoms with Gasteiger partial charge >= 0.3 is 0 Å². The molecule has 10 heavy (non-hydrogen) atoms. The smallest absolute Gasteiger partial charge is 0.149 e. The zero-order valence-corrected chi connectivity index (χ0v) is 7.84. The predicted octanol–water partition coefficient (Wildman–Crippen LogP) is 2.89. The quantitative estimate of drug-likeness (QED) is 0.652. The van der Waals surface area contributed by atoms with Gasteiger partial charge in [-0.3, -0.25) is 0 Å². The summed E-state index contributed by atoms with van der Waals surface area (Å²) in [7, 11) is 0. The molecule has 0 radical (unpaired) electrons. The molecule has 0 amide bonds. The lowest BCUT2D eigenvalue weighted by molar-refractivity contribution is 0.750. The number of rotatable bonds is 3. The Labute approximate surface area is 69.9 Å². The lowest BCUT2D eigenvalue weighted by Crippen LogP contribution is -1.89. The van der Waals surface area contributed by atoms with Crippen molar-refractivity contribution in [2.75, 3.05) is 5.75 Å². The highest BCUT2D eigenvalue weighted by atomic mass is 32.2. The second kappa shape index (κ2) is 3.98. The van der Waals surface area contributed by atoms with Gasteiger partial charge in [0.15, 0.2) is 0 Å². The lowest BCUT2D eigenvalue weighted by atomic mass is 10.3. The Morgan fingerprint density at radius 3 is 3.00 bits per heavy atom. The first-order valence-electron chi connectivity index (χ1n) is 3.31. The van der Waals surface area contributed by atoms with Crippen LogP contribution in [0.2, 0.25) is 0 Å². The molecule has 0 aliphatic heterocycles. The molecule has 56 valence electrons. The van der Waals surface area contributed by atoms with Gasteiger partial charge in [-0.15, -0.1) is 11.3 Å². The molecular formula is C7H11NS2. The zero-order valence-electron chi connectivity index (χ0n) is 6.20. The van der Waals surface area contributed by atoms with E-state index in [1.807, 2.05) is 23.3 Å². The first-order chi connectivity index (χ1) is 4.79. The number of hydrogen-bond acceptors (Lipinski definition) is 3. The van der Waals surface area contributed by atoms with Crippen molar-refractivity contribution >= 4 is 23.1 Å². The number of thioether (sulfide) groups is 1. The SMILES string of the molecule is CC(C)CSc1nccs1. The summed E-state index contributed by atoms with van der Waals surface area (Å²) in [5.41, 5.74) is 0. The average molecular weight is 173 g/mol. The molecule has 1 heterocycles. The maximum Gasteiger partial charge on any atom is 0.149 e. The molecule has 0 N–H and O–H groups in total. The van der Waals surface area contributed by atoms with Gasteiger partial charge in [-0.1, -0.05) is 25.6 Å². The Bertz CT molecular complexity index is 170. The second-order valence-corrected chi connectivity index (χ2v) is 4.66. The summed E-state index contributed by atoms with van der Waals surface area (Å²) in [6.07, 6.45) is 1.85. The van der Waals surface area contributed by atoms with Crippen LogP contribution in [0.1, 0.15) is 13.8 Å². The third-order valence-electron chi connectivity index (χ3n) is 0.950. The first-order valence-corrected chi connectivity index (χ1v) is 5.18. The highest BCUT2D eigenvalue weighted by molar-refractivity contribution is 8.01. The van der Waals surface area contributed by atoms with E-state index in [-0.39, 0.29) is 0 Å². The topological polar surface area (TPSA) is 12.9 Å². The minimum Gasteiger partial charge on any atom is -0.238 e. The molecule has 0 atom stereocenters. The van der Waals surface area contributed by atoms with Crippen molar-refractivity contribution in [1.82, 2.24) is 4.98 Å². The summed E-state index contributed by atoms with van der Waals surface area (Å²) in [6.45, 7) is 4.45. The van der Waals surface area contributed by atoms with Crippen LogP contribution >= 0.6 is 23.1 Å². The number of nitrogens with zero attached hydrogens (tertiary/aromatic N) is 1. The lowest BCUT2D eigenvalue weighted by Gasteiger charge is -1.99. The molecule has 0 aliphatic carbocycles. The van der Waals surface area contributed by atoms with Gasteiger partial charge in [0.25, 0.3) is 0 Å². The van der Waals surface area contributed by atoms with E-state index in [1.54, 1.807) is 11.3 Å². The minimum absolute atomic E-state index is 0.758. The fourth-order valence-electron chi connectivity index (χ4n) is 0.520. The molecule has 1 nitrogen and oxygen atoms in total. The van der Waals surface area contributed by atoms with Crippen LogP contribution in [-0.2, 0) is 0 Å². The fourth-order valence-corrected chi connectivity index (χ4v) is 2.13. The van der Waals surface area contributed by atoms with Crippen LogP contribution < -0.4 is 0 Å². The van der Waals surface area contributed by atoms with E-state index < -0.39 is 0 Å². The Morgan fingerprint density at radius 1 is 1.70 bits per heavy atom. The molecule has 1 rings (SSSR count). The number of thiazole rings is 1. The van der Waals surface area contributed by atoms with Crippen LogP contribution in [0.5, 0.6) is 0 Å². The average Bonchev–Trinajstić information content (AvgIpc) is 2.34. The van der Waals surface area contributed by atoms with Crippen LogP contribution in [0, 0.1) is 5.92 Å². The van der Waals surface area contributed by atoms with Crippen molar-refractivity contribution in [1.29, 1.82) is 0 Å². The molecule has 3 heteroatoms. The van der Waals surface area contributed by atoms with Crippen LogP contribution in [0.25, 0.3) is 0 Å². The number of aromatic nitrogens is 1. The van der Waals surface area contributed by atoms with Crippen LogP contribution in [0.3, 0.4) is 0 Å². The fraction of sp³-hybridized carbons (Fsp3) is 0.571. The zero-order chi connectivity index (χ0) is 7.40. The van der Waals surface area contributed by atoms with E-state index in [4.69, 9.17) is 0 Å². The van der Waals surface area contributed by atoms with Crippen molar-refractivity contribution in [2.45, 2.75) is 18.2 Å². The summed E-state index contributed by atoms with van der Waals surface area (Å²) in [5.74, 6) is 1.93. The van der Waals surface area contributed by atoms with Crippen LogP contribution in [0.4, 0.5) is 0 Å². The van der Waals surface area contributed by atoms with Gasteiger partial charge < -0.3 is 0 Å². The molecule has 0 saturated carbocycles. The third-order valence-corrected chi connectivity index (χ3v) is 3.34. The summed E-state index contributed by atoms with van der Waals surface area (Å²) < 4.78 is 1.19. The monoisotopic (exact) mass is 173 g/mol. The predicted molar refractivity (Wildman–Crippen MR) is 47.7 cm³/mol. The highest BCUT2D eigenvalue weighted by Gasteiger charge is 1.97. The summed E-state index contributed by atoms with van der Waals surface area (Å²) in [5, 5.41) is 2.02. The van der Waals surface area contributed by atoms with Crippen LogP contribution in [-0.4, -0.2) is 10.7 Å². The van der Waals surface area contributed by atoms with Gasteiger partial charge in [-0.05, 0) is 5.92 Å². The Morgan fingerprint density at radius 2 is 2.50 bits per heavy atom.